The predicted molar refractivity (Wildman–Crippen MR) is 123 cm³/mol. The second-order valence-corrected chi connectivity index (χ2v) is 7.72. The maximum Gasteiger partial charge on any atom is 0.326 e. The fraction of sp³-hybridized carbons (Fsp3) is 0.192. The summed E-state index contributed by atoms with van der Waals surface area (Å²) in [5.41, 5.74) is 3.01. The lowest BCUT2D eigenvalue weighted by Gasteiger charge is -2.21. The highest BCUT2D eigenvalue weighted by Crippen LogP contribution is 2.20. The van der Waals surface area contributed by atoms with Gasteiger partial charge in [0.2, 0.25) is 11.8 Å². The molecule has 0 aliphatic rings. The molecule has 33 heavy (non-hydrogen) atoms. The largest absolute Gasteiger partial charge is 0.480 e. The van der Waals surface area contributed by atoms with Gasteiger partial charge in [-0.05, 0) is 28.3 Å². The molecule has 0 bridgehead atoms. The number of hydrogen-bond acceptors (Lipinski definition) is 3. The van der Waals surface area contributed by atoms with Crippen LogP contribution in [0.3, 0.4) is 0 Å². The van der Waals surface area contributed by atoms with Gasteiger partial charge < -0.3 is 15.7 Å². The number of hydrogen-bond donors (Lipinski definition) is 3. The van der Waals surface area contributed by atoms with E-state index in [4.69, 9.17) is 0 Å². The van der Waals surface area contributed by atoms with Crippen molar-refractivity contribution in [3.63, 3.8) is 0 Å². The Bertz CT molecular complexity index is 1120. The molecule has 0 heterocycles. The summed E-state index contributed by atoms with van der Waals surface area (Å²) in [6.07, 6.45) is -0.0428. The van der Waals surface area contributed by atoms with Gasteiger partial charge in [0, 0.05) is 19.8 Å². The van der Waals surface area contributed by atoms with Crippen molar-refractivity contribution in [2.75, 3.05) is 0 Å². The van der Waals surface area contributed by atoms with E-state index in [0.29, 0.717) is 0 Å². The van der Waals surface area contributed by atoms with E-state index in [1.54, 1.807) is 6.07 Å². The minimum atomic E-state index is -1.21. The molecule has 0 spiro atoms. The summed E-state index contributed by atoms with van der Waals surface area (Å²) in [4.78, 5) is 36.2. The molecule has 0 saturated carbocycles. The molecule has 7 heteroatoms. The van der Waals surface area contributed by atoms with Gasteiger partial charge in [-0.1, -0.05) is 72.8 Å². The number of amides is 2. The summed E-state index contributed by atoms with van der Waals surface area (Å²) in [6, 6.07) is 20.8. The molecule has 2 atom stereocenters. The third-order valence-corrected chi connectivity index (χ3v) is 5.19. The molecule has 0 fully saturated rings. The van der Waals surface area contributed by atoms with Crippen molar-refractivity contribution < 1.29 is 23.9 Å². The van der Waals surface area contributed by atoms with Gasteiger partial charge in [-0.2, -0.15) is 0 Å². The van der Waals surface area contributed by atoms with E-state index in [1.807, 2.05) is 54.6 Å². The second kappa shape index (κ2) is 11.0. The highest BCUT2D eigenvalue weighted by molar-refractivity contribution is 5.90. The molecule has 170 valence electrons. The molecule has 3 aromatic rings. The first-order valence-corrected chi connectivity index (χ1v) is 10.5. The second-order valence-electron chi connectivity index (χ2n) is 7.72. The van der Waals surface area contributed by atoms with Gasteiger partial charge in [-0.3, -0.25) is 9.59 Å². The molecule has 3 aromatic carbocycles. The van der Waals surface area contributed by atoms with Crippen LogP contribution in [0.1, 0.15) is 18.1 Å². The number of halogens is 1. The van der Waals surface area contributed by atoms with Gasteiger partial charge in [-0.15, -0.1) is 0 Å². The lowest BCUT2D eigenvalue weighted by atomic mass is 10.00. The molecule has 0 unspecified atom stereocenters. The van der Waals surface area contributed by atoms with Gasteiger partial charge >= 0.3 is 5.97 Å². The number of carbonyl (C=O) groups is 3. The van der Waals surface area contributed by atoms with Crippen LogP contribution in [0.5, 0.6) is 0 Å². The van der Waals surface area contributed by atoms with E-state index >= 15 is 0 Å². The topological polar surface area (TPSA) is 95.5 Å². The monoisotopic (exact) mass is 448 g/mol. The Kier molecular flexibility index (Phi) is 7.91. The van der Waals surface area contributed by atoms with Gasteiger partial charge in [0.15, 0.2) is 0 Å². The third-order valence-electron chi connectivity index (χ3n) is 5.19. The van der Waals surface area contributed by atoms with E-state index in [1.165, 1.54) is 25.1 Å². The van der Waals surface area contributed by atoms with Crippen LogP contribution in [0.15, 0.2) is 78.9 Å². The quantitative estimate of drug-likeness (QED) is 0.468. The van der Waals surface area contributed by atoms with Crippen LogP contribution >= 0.6 is 0 Å². The Hall–Kier alpha value is -4.00. The zero-order valence-corrected chi connectivity index (χ0v) is 18.1. The Morgan fingerprint density at radius 3 is 2.00 bits per heavy atom. The number of benzene rings is 3. The molecule has 0 radical (unpaired) electrons. The van der Waals surface area contributed by atoms with E-state index in [-0.39, 0.29) is 18.4 Å². The molecule has 0 saturated heterocycles. The first kappa shape index (κ1) is 23.7. The number of carboxylic acids is 1. The molecule has 0 aliphatic heterocycles. The Labute approximate surface area is 191 Å². The minimum absolute atomic E-state index is 0.0582. The summed E-state index contributed by atoms with van der Waals surface area (Å²) in [7, 11) is 0. The van der Waals surface area contributed by atoms with E-state index in [9.17, 15) is 23.9 Å². The zero-order chi connectivity index (χ0) is 23.8. The van der Waals surface area contributed by atoms with Crippen molar-refractivity contribution in [1.29, 1.82) is 0 Å². The van der Waals surface area contributed by atoms with E-state index < -0.39 is 35.7 Å². The van der Waals surface area contributed by atoms with Crippen molar-refractivity contribution in [3.05, 3.63) is 95.8 Å². The zero-order valence-electron chi connectivity index (χ0n) is 18.1. The van der Waals surface area contributed by atoms with Gasteiger partial charge in [0.1, 0.15) is 17.9 Å². The predicted octanol–water partition coefficient (Wildman–Crippen LogP) is 3.35. The van der Waals surface area contributed by atoms with E-state index in [0.717, 1.165) is 16.7 Å². The van der Waals surface area contributed by atoms with E-state index in [2.05, 4.69) is 10.6 Å². The van der Waals surface area contributed by atoms with Crippen molar-refractivity contribution in [2.24, 2.45) is 0 Å². The van der Waals surface area contributed by atoms with Crippen molar-refractivity contribution >= 4 is 17.8 Å². The first-order valence-electron chi connectivity index (χ1n) is 10.5. The lowest BCUT2D eigenvalue weighted by molar-refractivity contribution is -0.142. The Balaban J connectivity index is 1.71. The average molecular weight is 448 g/mol. The first-order chi connectivity index (χ1) is 15.8. The van der Waals surface area contributed by atoms with Crippen LogP contribution in [0.25, 0.3) is 11.1 Å². The van der Waals surface area contributed by atoms with Gasteiger partial charge in [0.05, 0.1) is 0 Å². The summed E-state index contributed by atoms with van der Waals surface area (Å²) < 4.78 is 14.0. The fourth-order valence-corrected chi connectivity index (χ4v) is 3.51. The third kappa shape index (κ3) is 6.74. The summed E-state index contributed by atoms with van der Waals surface area (Å²) in [6.45, 7) is 1.24. The standard InChI is InChI=1S/C26H25FN2O4/c1-17(30)28-23(16-21-9-5-6-10-22(21)27)25(31)29-24(26(32)33)15-18-11-13-20(14-12-18)19-7-3-2-4-8-19/h2-14,23-24H,15-16H2,1H3,(H,28,30)(H,29,31)(H,32,33)/t23-,24+/m1/s1. The number of nitrogens with one attached hydrogen (secondary N) is 2. The molecular formula is C26H25FN2O4. The van der Waals surface area contributed by atoms with Crippen LogP contribution in [0, 0.1) is 5.82 Å². The van der Waals surface area contributed by atoms with Gasteiger partial charge in [0.25, 0.3) is 0 Å². The molecule has 3 rings (SSSR count). The SMILES string of the molecule is CC(=O)N[C@H](Cc1ccccc1F)C(=O)N[C@@H](Cc1ccc(-c2ccccc2)cc1)C(=O)O. The van der Waals surface area contributed by atoms with Gasteiger partial charge in [-0.25, -0.2) is 9.18 Å². The van der Waals surface area contributed by atoms with Crippen molar-refractivity contribution in [3.8, 4) is 11.1 Å². The van der Waals surface area contributed by atoms with Crippen LogP contribution in [-0.4, -0.2) is 35.0 Å². The minimum Gasteiger partial charge on any atom is -0.480 e. The summed E-state index contributed by atoms with van der Waals surface area (Å²) in [5.74, 6) is -2.88. The Morgan fingerprint density at radius 1 is 0.788 bits per heavy atom. The molecule has 2 amide bonds. The van der Waals surface area contributed by atoms with Crippen LogP contribution in [-0.2, 0) is 27.2 Å². The number of rotatable bonds is 9. The van der Waals surface area contributed by atoms with Crippen LogP contribution < -0.4 is 10.6 Å². The summed E-state index contributed by atoms with van der Waals surface area (Å²) >= 11 is 0. The molecular weight excluding hydrogens is 423 g/mol. The molecule has 0 aromatic heterocycles. The van der Waals surface area contributed by atoms with Crippen molar-refractivity contribution in [2.45, 2.75) is 31.8 Å². The number of carbonyl (C=O) groups excluding carboxylic acids is 2. The molecule has 3 N–H and O–H groups in total. The maximum absolute atomic E-state index is 14.0. The average Bonchev–Trinajstić information content (AvgIpc) is 2.80. The molecule has 6 nitrogen and oxygen atoms in total. The fourth-order valence-electron chi connectivity index (χ4n) is 3.51. The van der Waals surface area contributed by atoms with Crippen LogP contribution in [0.2, 0.25) is 0 Å². The highest BCUT2D eigenvalue weighted by Gasteiger charge is 2.27. The maximum atomic E-state index is 14.0. The summed E-state index contributed by atoms with van der Waals surface area (Å²) in [5, 5.41) is 14.6. The highest BCUT2D eigenvalue weighted by atomic mass is 19.1. The normalized spacial score (nSPS) is 12.4. The number of carboxylic acid groups (broad SMARTS) is 1. The van der Waals surface area contributed by atoms with Crippen LogP contribution in [0.4, 0.5) is 4.39 Å². The number of aliphatic carboxylic acids is 1. The lowest BCUT2D eigenvalue weighted by Crippen LogP contribution is -2.52. The van der Waals surface area contributed by atoms with Crippen molar-refractivity contribution in [1.82, 2.24) is 10.6 Å². The smallest absolute Gasteiger partial charge is 0.326 e. The molecule has 0 aliphatic carbocycles. The Morgan fingerprint density at radius 2 is 1.39 bits per heavy atom.